The molecule has 0 radical (unpaired) electrons. The minimum atomic E-state index is -9.70. The molecule has 0 amide bonds. The monoisotopic (exact) mass is 428 g/mol. The maximum absolute atomic E-state index is 12.7. The van der Waals surface area contributed by atoms with E-state index < -0.39 is 21.1 Å². The number of benzene rings is 1. The summed E-state index contributed by atoms with van der Waals surface area (Å²) >= 11 is 0. The molecule has 8 heteroatoms. The SMILES string of the molecule is CCCCCCC[C@H]1CC[C@H](C(=O)Oc2ccc(S(F)(F)(F)(F)F)cc2)CC1. The molecule has 0 aliphatic heterocycles. The molecule has 1 aliphatic carbocycles. The summed E-state index contributed by atoms with van der Waals surface area (Å²) in [6, 6.07) is 2.07. The Morgan fingerprint density at radius 2 is 1.50 bits per heavy atom. The molecule has 0 atom stereocenters. The maximum Gasteiger partial charge on any atom is 0.314 e. The smallest absolute Gasteiger partial charge is 0.314 e. The summed E-state index contributed by atoms with van der Waals surface area (Å²) in [6.45, 7) is 2.18. The minimum Gasteiger partial charge on any atom is -0.426 e. The largest absolute Gasteiger partial charge is 0.426 e. The Bertz CT molecular complexity index is 650. The highest BCUT2D eigenvalue weighted by Crippen LogP contribution is 3.02. The van der Waals surface area contributed by atoms with Crippen LogP contribution in [0.3, 0.4) is 0 Å². The van der Waals surface area contributed by atoms with Gasteiger partial charge in [0.05, 0.1) is 5.92 Å². The number of rotatable bonds is 9. The Balaban J connectivity index is 1.79. The van der Waals surface area contributed by atoms with Gasteiger partial charge in [0.1, 0.15) is 10.6 Å². The molecule has 2 rings (SSSR count). The molecule has 0 spiro atoms. The molecular weight excluding hydrogens is 399 g/mol. The van der Waals surface area contributed by atoms with Crippen LogP contribution in [0.15, 0.2) is 29.2 Å². The van der Waals surface area contributed by atoms with Crippen LogP contribution in [0.4, 0.5) is 19.4 Å². The van der Waals surface area contributed by atoms with E-state index in [4.69, 9.17) is 4.74 Å². The van der Waals surface area contributed by atoms with Crippen LogP contribution in [-0.2, 0) is 4.79 Å². The van der Waals surface area contributed by atoms with Crippen molar-refractivity contribution in [1.29, 1.82) is 0 Å². The molecule has 1 saturated carbocycles. The standard InChI is InChI=1S/C20H29F5O2S/c1-2-3-4-5-6-7-16-8-10-17(11-9-16)20(26)27-18-12-14-19(15-13-18)28(21,22,23,24)25/h12-17H,2-11H2,1H3/t16-,17-. The van der Waals surface area contributed by atoms with Crippen LogP contribution in [-0.4, -0.2) is 5.97 Å². The number of halogens is 5. The number of esters is 1. The van der Waals surface area contributed by atoms with Crippen LogP contribution in [0.1, 0.15) is 71.1 Å². The van der Waals surface area contributed by atoms with Crippen molar-refractivity contribution < 1.29 is 29.0 Å². The Kier molecular flexibility index (Phi) is 6.73. The van der Waals surface area contributed by atoms with E-state index in [0.29, 0.717) is 18.8 Å². The third kappa shape index (κ3) is 7.26. The topological polar surface area (TPSA) is 26.3 Å². The zero-order valence-corrected chi connectivity index (χ0v) is 17.0. The number of carbonyl (C=O) groups excluding carboxylic acids is 1. The molecule has 0 aromatic heterocycles. The van der Waals surface area contributed by atoms with Crippen molar-refractivity contribution >= 4 is 16.2 Å². The van der Waals surface area contributed by atoms with Gasteiger partial charge in [-0.15, -0.1) is 0 Å². The van der Waals surface area contributed by atoms with E-state index in [1.807, 2.05) is 0 Å². The Labute approximate surface area is 163 Å². The lowest BCUT2D eigenvalue weighted by molar-refractivity contribution is -0.140. The number of hydrogen-bond donors (Lipinski definition) is 0. The summed E-state index contributed by atoms with van der Waals surface area (Å²) in [5.41, 5.74) is 0. The highest BCUT2D eigenvalue weighted by atomic mass is 32.5. The molecule has 2 nitrogen and oxygen atoms in total. The fourth-order valence-corrected chi connectivity index (χ4v) is 4.34. The average molecular weight is 429 g/mol. The van der Waals surface area contributed by atoms with Gasteiger partial charge < -0.3 is 4.74 Å². The minimum absolute atomic E-state index is 0.145. The van der Waals surface area contributed by atoms with Crippen molar-refractivity contribution in [1.82, 2.24) is 0 Å². The van der Waals surface area contributed by atoms with Gasteiger partial charge in [0.25, 0.3) is 0 Å². The van der Waals surface area contributed by atoms with E-state index in [9.17, 15) is 24.2 Å². The molecule has 0 bridgehead atoms. The second-order valence-corrected chi connectivity index (χ2v) is 10.2. The van der Waals surface area contributed by atoms with Gasteiger partial charge in [-0.05, 0) is 55.9 Å². The zero-order chi connectivity index (χ0) is 20.9. The fourth-order valence-electron chi connectivity index (χ4n) is 3.69. The van der Waals surface area contributed by atoms with Gasteiger partial charge in [-0.3, -0.25) is 4.79 Å². The number of hydrogen-bond acceptors (Lipinski definition) is 2. The van der Waals surface area contributed by atoms with Gasteiger partial charge in [0.2, 0.25) is 0 Å². The molecule has 0 saturated heterocycles. The molecule has 0 unspecified atom stereocenters. The molecule has 28 heavy (non-hydrogen) atoms. The van der Waals surface area contributed by atoms with Gasteiger partial charge in [-0.25, -0.2) is 0 Å². The van der Waals surface area contributed by atoms with Crippen molar-refractivity contribution in [2.45, 2.75) is 76.0 Å². The number of carbonyl (C=O) groups is 1. The highest BCUT2D eigenvalue weighted by molar-refractivity contribution is 8.45. The van der Waals surface area contributed by atoms with Gasteiger partial charge >= 0.3 is 16.2 Å². The van der Waals surface area contributed by atoms with Crippen LogP contribution in [0, 0.1) is 11.8 Å². The lowest BCUT2D eigenvalue weighted by Crippen LogP contribution is -2.25. The van der Waals surface area contributed by atoms with Crippen molar-refractivity contribution in [2.24, 2.45) is 11.8 Å². The predicted molar refractivity (Wildman–Crippen MR) is 102 cm³/mol. The predicted octanol–water partition coefficient (Wildman–Crippen LogP) is 8.42. The summed E-state index contributed by atoms with van der Waals surface area (Å²) < 4.78 is 68.7. The lowest BCUT2D eigenvalue weighted by Gasteiger charge is -2.40. The summed E-state index contributed by atoms with van der Waals surface area (Å²) in [5.74, 6) is -0.316. The van der Waals surface area contributed by atoms with Crippen LogP contribution >= 0.6 is 10.2 Å². The number of ether oxygens (including phenoxy) is 1. The summed E-state index contributed by atoms with van der Waals surface area (Å²) in [6.07, 6.45) is 10.6. The van der Waals surface area contributed by atoms with Crippen LogP contribution in [0.5, 0.6) is 5.75 Å². The first kappa shape index (κ1) is 23.0. The Morgan fingerprint density at radius 3 is 2.04 bits per heavy atom. The molecule has 1 aliphatic rings. The molecule has 0 heterocycles. The Hall–Kier alpha value is -1.31. The number of unbranched alkanes of at least 4 members (excludes halogenated alkanes) is 4. The first-order chi connectivity index (χ1) is 12.9. The van der Waals surface area contributed by atoms with Crippen LogP contribution in [0.25, 0.3) is 0 Å². The zero-order valence-electron chi connectivity index (χ0n) is 16.1. The molecule has 1 aromatic carbocycles. The van der Waals surface area contributed by atoms with E-state index in [1.54, 1.807) is 0 Å². The van der Waals surface area contributed by atoms with E-state index in [2.05, 4.69) is 6.92 Å². The first-order valence-corrected chi connectivity index (χ1v) is 11.9. The van der Waals surface area contributed by atoms with Crippen LogP contribution < -0.4 is 4.74 Å². The second-order valence-electron chi connectivity index (χ2n) is 7.78. The third-order valence-corrected chi connectivity index (χ3v) is 6.55. The Morgan fingerprint density at radius 1 is 0.929 bits per heavy atom. The summed E-state index contributed by atoms with van der Waals surface area (Å²) in [5, 5.41) is 0. The second kappa shape index (κ2) is 8.20. The highest BCUT2D eigenvalue weighted by Gasteiger charge is 2.65. The van der Waals surface area contributed by atoms with E-state index in [0.717, 1.165) is 25.0 Å². The third-order valence-electron chi connectivity index (χ3n) is 5.38. The van der Waals surface area contributed by atoms with Crippen LogP contribution in [0.2, 0.25) is 0 Å². The summed E-state index contributed by atoms with van der Waals surface area (Å²) in [7, 11) is -9.70. The van der Waals surface area contributed by atoms with Gasteiger partial charge in [-0.1, -0.05) is 64.9 Å². The molecule has 1 fully saturated rings. The summed E-state index contributed by atoms with van der Waals surface area (Å²) in [4.78, 5) is 10.2. The van der Waals surface area contributed by atoms with E-state index >= 15 is 0 Å². The molecule has 1 aromatic rings. The van der Waals surface area contributed by atoms with Crippen molar-refractivity contribution in [2.75, 3.05) is 0 Å². The molecular formula is C20H29F5O2S. The van der Waals surface area contributed by atoms with Crippen molar-refractivity contribution in [3.63, 3.8) is 0 Å². The lowest BCUT2D eigenvalue weighted by atomic mass is 9.80. The fraction of sp³-hybridized carbons (Fsp3) is 0.650. The van der Waals surface area contributed by atoms with Gasteiger partial charge in [0, 0.05) is 0 Å². The van der Waals surface area contributed by atoms with E-state index in [-0.39, 0.29) is 23.8 Å². The van der Waals surface area contributed by atoms with Crippen molar-refractivity contribution in [3.05, 3.63) is 24.3 Å². The molecule has 162 valence electrons. The van der Waals surface area contributed by atoms with E-state index in [1.165, 1.54) is 38.5 Å². The van der Waals surface area contributed by atoms with Gasteiger partial charge in [-0.2, -0.15) is 0 Å². The first-order valence-electron chi connectivity index (χ1n) is 9.95. The van der Waals surface area contributed by atoms with Crippen molar-refractivity contribution in [3.8, 4) is 5.75 Å². The molecule has 0 N–H and O–H groups in total. The average Bonchev–Trinajstić information content (AvgIpc) is 2.60. The normalized spacial score (nSPS) is 22.9. The quantitative estimate of drug-likeness (QED) is 0.171. The maximum atomic E-state index is 12.7. The van der Waals surface area contributed by atoms with Gasteiger partial charge in [0.15, 0.2) is 0 Å².